The Bertz CT molecular complexity index is 651. The summed E-state index contributed by atoms with van der Waals surface area (Å²) in [5.41, 5.74) is 1.35. The molecule has 5 heteroatoms. The summed E-state index contributed by atoms with van der Waals surface area (Å²) < 4.78 is 0. The van der Waals surface area contributed by atoms with E-state index in [0.717, 1.165) is 17.5 Å². The second kappa shape index (κ2) is 4.68. The van der Waals surface area contributed by atoms with Crippen molar-refractivity contribution in [3.05, 3.63) is 27.4 Å². The number of hydrogen-bond acceptors (Lipinski definition) is 3. The standard InChI is InChI=1S/C16H21N3O2/c1-9-17-14-8-19(7-13(14)16(21)18-9)15(20)6-12-5-10-2-3-11(12)4-10/h10-12H,2-8H2,1H3,(H,17,18,21). The van der Waals surface area contributed by atoms with Crippen molar-refractivity contribution in [2.45, 2.75) is 52.1 Å². The third-order valence-corrected chi connectivity index (χ3v) is 5.58. The molecule has 0 radical (unpaired) electrons. The average Bonchev–Trinajstić information content (AvgIpc) is 3.11. The largest absolute Gasteiger partial charge is 0.332 e. The van der Waals surface area contributed by atoms with Gasteiger partial charge < -0.3 is 9.88 Å². The fourth-order valence-corrected chi connectivity index (χ4v) is 4.55. The highest BCUT2D eigenvalue weighted by Gasteiger charge is 2.41. The van der Waals surface area contributed by atoms with Crippen molar-refractivity contribution in [1.82, 2.24) is 14.9 Å². The number of amides is 1. The van der Waals surface area contributed by atoms with E-state index in [1.807, 2.05) is 0 Å². The second-order valence-corrected chi connectivity index (χ2v) is 6.97. The number of H-pyrrole nitrogens is 1. The summed E-state index contributed by atoms with van der Waals surface area (Å²) in [4.78, 5) is 33.3. The van der Waals surface area contributed by atoms with Gasteiger partial charge in [0.2, 0.25) is 5.91 Å². The molecule has 3 atom stereocenters. The summed E-state index contributed by atoms with van der Waals surface area (Å²) in [6.07, 6.45) is 5.89. The maximum absolute atomic E-state index is 12.5. The zero-order valence-corrected chi connectivity index (χ0v) is 12.4. The maximum Gasteiger partial charge on any atom is 0.256 e. The normalized spacial score (nSPS) is 30.0. The zero-order chi connectivity index (χ0) is 14.6. The minimum Gasteiger partial charge on any atom is -0.332 e. The summed E-state index contributed by atoms with van der Waals surface area (Å²) in [6, 6.07) is 0. The average molecular weight is 287 g/mol. The summed E-state index contributed by atoms with van der Waals surface area (Å²) in [6.45, 7) is 2.71. The van der Waals surface area contributed by atoms with Crippen LogP contribution in [0, 0.1) is 24.7 Å². The molecule has 1 aliphatic heterocycles. The Labute approximate surface area is 123 Å². The Balaban J connectivity index is 1.45. The molecule has 1 N–H and O–H groups in total. The van der Waals surface area contributed by atoms with Gasteiger partial charge >= 0.3 is 0 Å². The van der Waals surface area contributed by atoms with Crippen LogP contribution in [0.5, 0.6) is 0 Å². The predicted octanol–water partition coefficient (Wildman–Crippen LogP) is 1.75. The van der Waals surface area contributed by atoms with Crippen molar-refractivity contribution in [1.29, 1.82) is 0 Å². The molecule has 0 saturated heterocycles. The van der Waals surface area contributed by atoms with Gasteiger partial charge in [0.05, 0.1) is 24.3 Å². The van der Waals surface area contributed by atoms with Crippen molar-refractivity contribution >= 4 is 5.91 Å². The van der Waals surface area contributed by atoms with E-state index >= 15 is 0 Å². The van der Waals surface area contributed by atoms with Crippen LogP contribution < -0.4 is 5.56 Å². The molecule has 2 fully saturated rings. The van der Waals surface area contributed by atoms with E-state index in [0.29, 0.717) is 36.8 Å². The summed E-state index contributed by atoms with van der Waals surface area (Å²) in [5.74, 6) is 3.04. The Morgan fingerprint density at radius 2 is 2.19 bits per heavy atom. The lowest BCUT2D eigenvalue weighted by Gasteiger charge is -2.23. The molecule has 2 saturated carbocycles. The van der Waals surface area contributed by atoms with Gasteiger partial charge in [0, 0.05) is 6.42 Å². The van der Waals surface area contributed by atoms with Crippen molar-refractivity contribution in [3.8, 4) is 0 Å². The first-order chi connectivity index (χ1) is 10.1. The number of nitrogens with one attached hydrogen (secondary N) is 1. The summed E-state index contributed by atoms with van der Waals surface area (Å²) >= 11 is 0. The molecule has 112 valence electrons. The number of carbonyl (C=O) groups is 1. The lowest BCUT2D eigenvalue weighted by Crippen LogP contribution is -2.29. The number of fused-ring (bicyclic) bond motifs is 3. The minimum absolute atomic E-state index is 0.0901. The Hall–Kier alpha value is -1.65. The molecular weight excluding hydrogens is 266 g/mol. The van der Waals surface area contributed by atoms with Crippen molar-refractivity contribution in [2.75, 3.05) is 0 Å². The van der Waals surface area contributed by atoms with Crippen molar-refractivity contribution in [2.24, 2.45) is 17.8 Å². The highest BCUT2D eigenvalue weighted by molar-refractivity contribution is 5.77. The fraction of sp³-hybridized carbons (Fsp3) is 0.688. The Morgan fingerprint density at radius 3 is 2.90 bits per heavy atom. The molecule has 3 unspecified atom stereocenters. The van der Waals surface area contributed by atoms with Gasteiger partial charge in [-0.2, -0.15) is 0 Å². The molecule has 1 amide bonds. The SMILES string of the molecule is Cc1nc2c(c(=O)[nH]1)CN(C(=O)CC1CC3CCC1C3)C2. The monoisotopic (exact) mass is 287 g/mol. The number of hydrogen-bond donors (Lipinski definition) is 1. The van der Waals surface area contributed by atoms with E-state index in [9.17, 15) is 9.59 Å². The van der Waals surface area contributed by atoms with Gasteiger partial charge in [-0.25, -0.2) is 4.98 Å². The molecule has 0 spiro atoms. The van der Waals surface area contributed by atoms with E-state index in [1.165, 1.54) is 25.7 Å². The lowest BCUT2D eigenvalue weighted by atomic mass is 9.86. The van der Waals surface area contributed by atoms with Crippen LogP contribution in [0.3, 0.4) is 0 Å². The molecule has 5 nitrogen and oxygen atoms in total. The second-order valence-electron chi connectivity index (χ2n) is 6.97. The molecule has 1 aromatic rings. The van der Waals surface area contributed by atoms with Crippen LogP contribution >= 0.6 is 0 Å². The van der Waals surface area contributed by atoms with E-state index < -0.39 is 0 Å². The van der Waals surface area contributed by atoms with Crippen molar-refractivity contribution < 1.29 is 4.79 Å². The number of aryl methyl sites for hydroxylation is 1. The molecule has 3 aliphatic rings. The topological polar surface area (TPSA) is 66.1 Å². The number of aromatic nitrogens is 2. The number of rotatable bonds is 2. The maximum atomic E-state index is 12.5. The highest BCUT2D eigenvalue weighted by atomic mass is 16.2. The third kappa shape index (κ3) is 2.19. The van der Waals surface area contributed by atoms with Gasteiger partial charge in [-0.05, 0) is 43.9 Å². The van der Waals surface area contributed by atoms with Gasteiger partial charge in [-0.3, -0.25) is 9.59 Å². The van der Waals surface area contributed by atoms with Gasteiger partial charge in [0.15, 0.2) is 0 Å². The molecular formula is C16H21N3O2. The van der Waals surface area contributed by atoms with Gasteiger partial charge in [-0.1, -0.05) is 6.42 Å². The van der Waals surface area contributed by atoms with Crippen LogP contribution in [-0.2, 0) is 17.9 Å². The Morgan fingerprint density at radius 1 is 1.33 bits per heavy atom. The first kappa shape index (κ1) is 13.0. The molecule has 0 aromatic carbocycles. The van der Waals surface area contributed by atoms with Crippen LogP contribution in [0.2, 0.25) is 0 Å². The predicted molar refractivity (Wildman–Crippen MR) is 77.4 cm³/mol. The van der Waals surface area contributed by atoms with E-state index in [2.05, 4.69) is 9.97 Å². The van der Waals surface area contributed by atoms with Crippen LogP contribution in [0.4, 0.5) is 0 Å². The smallest absolute Gasteiger partial charge is 0.256 e. The van der Waals surface area contributed by atoms with Crippen LogP contribution in [0.15, 0.2) is 4.79 Å². The van der Waals surface area contributed by atoms with Crippen LogP contribution in [0.25, 0.3) is 0 Å². The van der Waals surface area contributed by atoms with E-state index in [-0.39, 0.29) is 11.5 Å². The van der Waals surface area contributed by atoms with Gasteiger partial charge in [-0.15, -0.1) is 0 Å². The highest BCUT2D eigenvalue weighted by Crippen LogP contribution is 2.49. The summed E-state index contributed by atoms with van der Waals surface area (Å²) in [5, 5.41) is 0. The number of nitrogens with zero attached hydrogens (tertiary/aromatic N) is 2. The minimum atomic E-state index is -0.0901. The van der Waals surface area contributed by atoms with Crippen LogP contribution in [0.1, 0.15) is 49.2 Å². The van der Waals surface area contributed by atoms with Crippen LogP contribution in [-0.4, -0.2) is 20.8 Å². The molecule has 4 rings (SSSR count). The molecule has 1 aromatic heterocycles. The third-order valence-electron chi connectivity index (χ3n) is 5.58. The van der Waals surface area contributed by atoms with E-state index in [4.69, 9.17) is 0 Å². The van der Waals surface area contributed by atoms with E-state index in [1.54, 1.807) is 11.8 Å². The summed E-state index contributed by atoms with van der Waals surface area (Å²) in [7, 11) is 0. The Kier molecular flexibility index (Phi) is 2.91. The number of carbonyl (C=O) groups excluding carboxylic acids is 1. The number of aromatic amines is 1. The molecule has 2 aliphatic carbocycles. The van der Waals surface area contributed by atoms with Gasteiger partial charge in [0.1, 0.15) is 5.82 Å². The molecule has 2 bridgehead atoms. The fourth-order valence-electron chi connectivity index (χ4n) is 4.55. The molecule has 21 heavy (non-hydrogen) atoms. The first-order valence-electron chi connectivity index (χ1n) is 7.96. The van der Waals surface area contributed by atoms with Crippen molar-refractivity contribution in [3.63, 3.8) is 0 Å². The first-order valence-corrected chi connectivity index (χ1v) is 7.96. The zero-order valence-electron chi connectivity index (χ0n) is 12.4. The van der Waals surface area contributed by atoms with Gasteiger partial charge in [0.25, 0.3) is 5.56 Å². The lowest BCUT2D eigenvalue weighted by molar-refractivity contribution is -0.133. The quantitative estimate of drug-likeness (QED) is 0.901. The molecule has 2 heterocycles.